The van der Waals surface area contributed by atoms with Gasteiger partial charge in [0.2, 0.25) is 5.91 Å². The van der Waals surface area contributed by atoms with Gasteiger partial charge >= 0.3 is 0 Å². The number of nitrogens with zero attached hydrogens (tertiary/aromatic N) is 2. The fourth-order valence-corrected chi connectivity index (χ4v) is 4.45. The number of imidazole rings is 1. The Balaban J connectivity index is 1.49. The van der Waals surface area contributed by atoms with Crippen molar-refractivity contribution >= 4 is 28.5 Å². The Morgan fingerprint density at radius 3 is 2.59 bits per heavy atom. The topological polar surface area (TPSA) is 46.9 Å². The first-order chi connectivity index (χ1) is 13.1. The van der Waals surface area contributed by atoms with Crippen molar-refractivity contribution in [3.63, 3.8) is 0 Å². The summed E-state index contributed by atoms with van der Waals surface area (Å²) < 4.78 is 2.17. The summed E-state index contributed by atoms with van der Waals surface area (Å²) in [6.45, 7) is 3.32. The Bertz CT molecular complexity index is 955. The van der Waals surface area contributed by atoms with Gasteiger partial charge in [0.15, 0.2) is 0 Å². The van der Waals surface area contributed by atoms with E-state index in [9.17, 15) is 4.79 Å². The van der Waals surface area contributed by atoms with E-state index in [0.29, 0.717) is 11.6 Å². The van der Waals surface area contributed by atoms with Crippen molar-refractivity contribution in [1.29, 1.82) is 0 Å². The van der Waals surface area contributed by atoms with Gasteiger partial charge in [0.1, 0.15) is 5.82 Å². The van der Waals surface area contributed by atoms with E-state index < -0.39 is 5.41 Å². The van der Waals surface area contributed by atoms with Gasteiger partial charge in [0, 0.05) is 18.1 Å². The van der Waals surface area contributed by atoms with E-state index in [1.54, 1.807) is 0 Å². The number of rotatable bonds is 5. The largest absolute Gasteiger partial charge is 0.354 e. The second-order valence-corrected chi connectivity index (χ2v) is 7.79. The van der Waals surface area contributed by atoms with Crippen molar-refractivity contribution in [2.75, 3.05) is 6.54 Å². The second-order valence-electron chi connectivity index (χ2n) is 7.35. The summed E-state index contributed by atoms with van der Waals surface area (Å²) in [5.41, 5.74) is 2.76. The zero-order valence-corrected chi connectivity index (χ0v) is 16.3. The Hall–Kier alpha value is -2.33. The van der Waals surface area contributed by atoms with E-state index in [-0.39, 0.29) is 5.91 Å². The molecule has 3 aromatic rings. The van der Waals surface area contributed by atoms with Crippen LogP contribution >= 0.6 is 11.6 Å². The molecule has 5 heteroatoms. The summed E-state index contributed by atoms with van der Waals surface area (Å²) in [4.78, 5) is 17.8. The number of aromatic nitrogens is 2. The fraction of sp³-hybridized carbons (Fsp3) is 0.364. The van der Waals surface area contributed by atoms with Crippen LogP contribution in [0.25, 0.3) is 11.0 Å². The van der Waals surface area contributed by atoms with Crippen LogP contribution in [0.4, 0.5) is 0 Å². The first-order valence-corrected chi connectivity index (χ1v) is 9.94. The quantitative estimate of drug-likeness (QED) is 0.700. The molecule has 1 aliphatic carbocycles. The minimum atomic E-state index is -0.420. The average molecular weight is 382 g/mol. The zero-order valence-electron chi connectivity index (χ0n) is 15.5. The number of carbonyl (C=O) groups is 1. The maximum absolute atomic E-state index is 13.2. The lowest BCUT2D eigenvalue weighted by molar-refractivity contribution is -0.126. The molecule has 1 N–H and O–H groups in total. The molecule has 0 radical (unpaired) electrons. The molecule has 1 fully saturated rings. The molecule has 0 atom stereocenters. The number of benzene rings is 2. The van der Waals surface area contributed by atoms with E-state index in [2.05, 4.69) is 20.9 Å². The van der Waals surface area contributed by atoms with E-state index >= 15 is 0 Å². The van der Waals surface area contributed by atoms with Crippen LogP contribution in [0.2, 0.25) is 5.02 Å². The monoisotopic (exact) mass is 381 g/mol. The summed E-state index contributed by atoms with van der Waals surface area (Å²) in [7, 11) is 0. The Labute approximate surface area is 164 Å². The van der Waals surface area contributed by atoms with Crippen LogP contribution in [0, 0.1) is 6.92 Å². The van der Waals surface area contributed by atoms with E-state index in [1.807, 2.05) is 49.4 Å². The van der Waals surface area contributed by atoms with Crippen LogP contribution in [0.5, 0.6) is 0 Å². The Morgan fingerprint density at radius 1 is 1.15 bits per heavy atom. The van der Waals surface area contributed by atoms with Gasteiger partial charge in [-0.25, -0.2) is 4.98 Å². The number of hydrogen-bond acceptors (Lipinski definition) is 2. The number of carbonyl (C=O) groups excluding carboxylic acids is 1. The lowest BCUT2D eigenvalue weighted by Crippen LogP contribution is -2.43. The van der Waals surface area contributed by atoms with Crippen molar-refractivity contribution in [3.8, 4) is 0 Å². The molecule has 0 bridgehead atoms. The molecular formula is C22H24ClN3O. The molecule has 1 heterocycles. The van der Waals surface area contributed by atoms with Crippen molar-refractivity contribution in [2.45, 2.75) is 44.6 Å². The van der Waals surface area contributed by atoms with Crippen LogP contribution in [0.3, 0.4) is 0 Å². The molecular weight excluding hydrogens is 358 g/mol. The maximum Gasteiger partial charge on any atom is 0.230 e. The number of para-hydroxylation sites is 2. The highest BCUT2D eigenvalue weighted by atomic mass is 35.5. The van der Waals surface area contributed by atoms with Crippen LogP contribution < -0.4 is 5.32 Å². The number of halogens is 1. The number of aryl methyl sites for hydroxylation is 1. The third-order valence-electron chi connectivity index (χ3n) is 5.75. The lowest BCUT2D eigenvalue weighted by atomic mass is 9.78. The number of amides is 1. The standard InChI is InChI=1S/C22H24ClN3O/c1-16-25-19-6-2-3-7-20(19)26(16)15-14-24-21(27)22(12-4-5-13-22)17-8-10-18(23)11-9-17/h2-3,6-11H,4-5,12-15H2,1H3,(H,24,27). The first kappa shape index (κ1) is 18.1. The van der Waals surface area contributed by atoms with Gasteiger partial charge in [-0.1, -0.05) is 48.7 Å². The third kappa shape index (κ3) is 3.34. The molecule has 0 unspecified atom stereocenters. The normalized spacial score (nSPS) is 15.9. The predicted octanol–water partition coefficient (Wildman–Crippen LogP) is 4.63. The van der Waals surface area contributed by atoms with Crippen LogP contribution in [0.1, 0.15) is 37.1 Å². The molecule has 140 valence electrons. The summed E-state index contributed by atoms with van der Waals surface area (Å²) in [5, 5.41) is 3.89. The van der Waals surface area contributed by atoms with Gasteiger partial charge in [0.05, 0.1) is 16.4 Å². The van der Waals surface area contributed by atoms with Crippen molar-refractivity contribution in [3.05, 3.63) is 64.9 Å². The van der Waals surface area contributed by atoms with E-state index in [4.69, 9.17) is 11.6 Å². The predicted molar refractivity (Wildman–Crippen MR) is 109 cm³/mol. The van der Waals surface area contributed by atoms with Gasteiger partial charge in [0.25, 0.3) is 0 Å². The van der Waals surface area contributed by atoms with Gasteiger partial charge in [-0.05, 0) is 49.6 Å². The maximum atomic E-state index is 13.2. The lowest BCUT2D eigenvalue weighted by Gasteiger charge is -2.28. The molecule has 1 saturated carbocycles. The molecule has 27 heavy (non-hydrogen) atoms. The first-order valence-electron chi connectivity index (χ1n) is 9.56. The van der Waals surface area contributed by atoms with Gasteiger partial charge in [-0.2, -0.15) is 0 Å². The molecule has 4 nitrogen and oxygen atoms in total. The van der Waals surface area contributed by atoms with Gasteiger partial charge in [-0.3, -0.25) is 4.79 Å². The molecule has 1 amide bonds. The molecule has 4 rings (SSSR count). The molecule has 0 aliphatic heterocycles. The van der Waals surface area contributed by atoms with Gasteiger partial charge < -0.3 is 9.88 Å². The summed E-state index contributed by atoms with van der Waals surface area (Å²) in [6.07, 6.45) is 3.96. The van der Waals surface area contributed by atoms with Crippen LogP contribution in [-0.2, 0) is 16.8 Å². The van der Waals surface area contributed by atoms with Crippen LogP contribution in [0.15, 0.2) is 48.5 Å². The van der Waals surface area contributed by atoms with Gasteiger partial charge in [-0.15, -0.1) is 0 Å². The highest BCUT2D eigenvalue weighted by Crippen LogP contribution is 2.41. The Kier molecular flexibility index (Phi) is 4.92. The minimum Gasteiger partial charge on any atom is -0.354 e. The van der Waals surface area contributed by atoms with Crippen LogP contribution in [-0.4, -0.2) is 22.0 Å². The second kappa shape index (κ2) is 7.35. The van der Waals surface area contributed by atoms with E-state index in [1.165, 1.54) is 0 Å². The molecule has 0 saturated heterocycles. The minimum absolute atomic E-state index is 0.129. The average Bonchev–Trinajstić information content (AvgIpc) is 3.28. The third-order valence-corrected chi connectivity index (χ3v) is 6.01. The highest BCUT2D eigenvalue weighted by Gasteiger charge is 2.42. The number of nitrogens with one attached hydrogen (secondary N) is 1. The fourth-order valence-electron chi connectivity index (χ4n) is 4.32. The molecule has 1 aliphatic rings. The molecule has 1 aromatic heterocycles. The zero-order chi connectivity index (χ0) is 18.9. The SMILES string of the molecule is Cc1nc2ccccc2n1CCNC(=O)C1(c2ccc(Cl)cc2)CCCC1. The number of fused-ring (bicyclic) bond motifs is 1. The molecule has 0 spiro atoms. The number of hydrogen-bond donors (Lipinski definition) is 1. The highest BCUT2D eigenvalue weighted by molar-refractivity contribution is 6.30. The summed E-state index contributed by atoms with van der Waals surface area (Å²) >= 11 is 6.04. The van der Waals surface area contributed by atoms with Crippen molar-refractivity contribution < 1.29 is 4.79 Å². The summed E-state index contributed by atoms with van der Waals surface area (Å²) in [6, 6.07) is 15.9. The summed E-state index contributed by atoms with van der Waals surface area (Å²) in [5.74, 6) is 1.10. The van der Waals surface area contributed by atoms with E-state index in [0.717, 1.165) is 54.6 Å². The van der Waals surface area contributed by atoms with Crippen molar-refractivity contribution in [1.82, 2.24) is 14.9 Å². The van der Waals surface area contributed by atoms with Crippen molar-refractivity contribution in [2.24, 2.45) is 0 Å². The Morgan fingerprint density at radius 2 is 1.85 bits per heavy atom. The molecule has 2 aromatic carbocycles. The smallest absolute Gasteiger partial charge is 0.230 e.